The molecule has 10 atom stereocenters. The summed E-state index contributed by atoms with van der Waals surface area (Å²) < 4.78 is 0. The van der Waals surface area contributed by atoms with Gasteiger partial charge in [0.2, 0.25) is 0 Å². The third-order valence-electron chi connectivity index (χ3n) is 9.74. The van der Waals surface area contributed by atoms with Crippen molar-refractivity contribution in [3.8, 4) is 0 Å². The lowest BCUT2D eigenvalue weighted by Gasteiger charge is -2.47. The SMILES string of the molecule is O[C@]1([C@]2(O)C[C@@H]3CC[C@@H]4CC[C@H]2[C@H]43)C[C@@H]2CC[C@@H]3CC[C@@H]1[C@@H]32. The number of hydrogen-bond acceptors (Lipinski definition) is 2. The van der Waals surface area contributed by atoms with E-state index in [0.29, 0.717) is 11.8 Å². The van der Waals surface area contributed by atoms with Gasteiger partial charge in [0, 0.05) is 0 Å². The zero-order valence-electron chi connectivity index (χ0n) is 13.6. The molecular formula is C20H30O2. The molecule has 2 nitrogen and oxygen atoms in total. The fourth-order valence-corrected chi connectivity index (χ4v) is 9.24. The molecule has 0 aromatic carbocycles. The Hall–Kier alpha value is -0.0800. The second-order valence-corrected chi connectivity index (χ2v) is 9.97. The van der Waals surface area contributed by atoms with Gasteiger partial charge in [-0.2, -0.15) is 0 Å². The van der Waals surface area contributed by atoms with Crippen LogP contribution >= 0.6 is 0 Å². The molecule has 0 aromatic heterocycles. The Labute approximate surface area is 133 Å². The third kappa shape index (κ3) is 1.27. The standard InChI is InChI=1S/C20H30O2/c21-19(9-13-3-1-11-5-7-15(19)17(11)13)20(22)10-14-4-2-12-6-8-16(20)18(12)14/h11-18,21-22H,1-10H2/t11-,12-,13+,14+,15-,16+,17+,18-,19-,20+/m1/s1. The first-order chi connectivity index (χ1) is 10.6. The maximum absolute atomic E-state index is 11.9. The lowest BCUT2D eigenvalue weighted by Crippen LogP contribution is -2.59. The van der Waals surface area contributed by atoms with Gasteiger partial charge in [0.05, 0.1) is 11.2 Å². The molecule has 0 bridgehead atoms. The molecule has 0 amide bonds. The van der Waals surface area contributed by atoms with Crippen LogP contribution < -0.4 is 0 Å². The van der Waals surface area contributed by atoms with E-state index in [0.717, 1.165) is 48.3 Å². The van der Waals surface area contributed by atoms with E-state index in [1.54, 1.807) is 0 Å². The molecule has 6 saturated carbocycles. The predicted octanol–water partition coefficient (Wildman–Crippen LogP) is 3.36. The van der Waals surface area contributed by atoms with Crippen LogP contribution in [0.1, 0.15) is 64.2 Å². The first kappa shape index (κ1) is 13.2. The van der Waals surface area contributed by atoms with Crippen molar-refractivity contribution in [1.82, 2.24) is 0 Å². The van der Waals surface area contributed by atoms with E-state index < -0.39 is 11.2 Å². The summed E-state index contributed by atoms with van der Waals surface area (Å²) >= 11 is 0. The molecular weight excluding hydrogens is 272 g/mol. The van der Waals surface area contributed by atoms with Gasteiger partial charge >= 0.3 is 0 Å². The summed E-state index contributed by atoms with van der Waals surface area (Å²) in [5.41, 5.74) is -1.47. The molecule has 6 aliphatic rings. The van der Waals surface area contributed by atoms with Gasteiger partial charge in [-0.25, -0.2) is 0 Å². The highest BCUT2D eigenvalue weighted by Crippen LogP contribution is 2.71. The van der Waals surface area contributed by atoms with Crippen molar-refractivity contribution in [3.05, 3.63) is 0 Å². The summed E-state index contributed by atoms with van der Waals surface area (Å²) in [6, 6.07) is 0. The minimum atomic E-state index is -0.735. The summed E-state index contributed by atoms with van der Waals surface area (Å²) in [6.45, 7) is 0. The van der Waals surface area contributed by atoms with Gasteiger partial charge in [0.25, 0.3) is 0 Å². The van der Waals surface area contributed by atoms with E-state index in [-0.39, 0.29) is 0 Å². The average molecular weight is 302 g/mol. The highest BCUT2D eigenvalue weighted by atomic mass is 16.4. The second kappa shape index (κ2) is 3.94. The number of aliphatic hydroxyl groups is 2. The molecule has 0 aromatic rings. The summed E-state index contributed by atoms with van der Waals surface area (Å²) in [6.07, 6.45) is 12.3. The largest absolute Gasteiger partial charge is 0.387 e. The van der Waals surface area contributed by atoms with Crippen LogP contribution in [-0.4, -0.2) is 21.4 Å². The molecule has 6 fully saturated rings. The van der Waals surface area contributed by atoms with Gasteiger partial charge in [-0.05, 0) is 112 Å². The molecule has 2 N–H and O–H groups in total. The fraction of sp³-hybridized carbons (Fsp3) is 1.00. The van der Waals surface area contributed by atoms with Gasteiger partial charge in [-0.15, -0.1) is 0 Å². The van der Waals surface area contributed by atoms with Gasteiger partial charge in [0.1, 0.15) is 0 Å². The third-order valence-corrected chi connectivity index (χ3v) is 9.74. The molecule has 122 valence electrons. The first-order valence-corrected chi connectivity index (χ1v) is 10.1. The Morgan fingerprint density at radius 3 is 1.32 bits per heavy atom. The number of rotatable bonds is 1. The monoisotopic (exact) mass is 302 g/mol. The smallest absolute Gasteiger partial charge is 0.0969 e. The summed E-state index contributed by atoms with van der Waals surface area (Å²) in [5.74, 6) is 5.57. The summed E-state index contributed by atoms with van der Waals surface area (Å²) in [5, 5.41) is 23.7. The maximum atomic E-state index is 11.9. The highest BCUT2D eigenvalue weighted by molar-refractivity contribution is 5.23. The summed E-state index contributed by atoms with van der Waals surface area (Å²) in [7, 11) is 0. The van der Waals surface area contributed by atoms with Crippen LogP contribution in [-0.2, 0) is 0 Å². The molecule has 6 rings (SSSR count). The van der Waals surface area contributed by atoms with Crippen molar-refractivity contribution < 1.29 is 10.2 Å². The van der Waals surface area contributed by atoms with E-state index in [9.17, 15) is 10.2 Å². The molecule has 0 unspecified atom stereocenters. The van der Waals surface area contributed by atoms with Crippen molar-refractivity contribution in [3.63, 3.8) is 0 Å². The van der Waals surface area contributed by atoms with Crippen LogP contribution in [0, 0.1) is 47.3 Å². The molecule has 22 heavy (non-hydrogen) atoms. The van der Waals surface area contributed by atoms with Crippen molar-refractivity contribution in [2.45, 2.75) is 75.4 Å². The maximum Gasteiger partial charge on any atom is 0.0969 e. The Kier molecular flexibility index (Phi) is 2.37. The Morgan fingerprint density at radius 1 is 0.500 bits per heavy atom. The quantitative estimate of drug-likeness (QED) is 0.780. The van der Waals surface area contributed by atoms with Crippen molar-refractivity contribution in [1.29, 1.82) is 0 Å². The molecule has 0 spiro atoms. The van der Waals surface area contributed by atoms with Crippen LogP contribution in [0.2, 0.25) is 0 Å². The molecule has 0 heterocycles. The minimum absolute atomic E-state index is 0.424. The van der Waals surface area contributed by atoms with Crippen molar-refractivity contribution >= 4 is 0 Å². The van der Waals surface area contributed by atoms with E-state index in [1.807, 2.05) is 0 Å². The Balaban J connectivity index is 1.41. The zero-order valence-corrected chi connectivity index (χ0v) is 13.6. The first-order valence-electron chi connectivity index (χ1n) is 10.1. The molecule has 0 aliphatic heterocycles. The fourth-order valence-electron chi connectivity index (χ4n) is 9.24. The van der Waals surface area contributed by atoms with Gasteiger partial charge < -0.3 is 10.2 Å². The van der Waals surface area contributed by atoms with Gasteiger partial charge in [0.15, 0.2) is 0 Å². The molecule has 2 heteroatoms. The van der Waals surface area contributed by atoms with Crippen LogP contribution in [0.15, 0.2) is 0 Å². The molecule has 6 aliphatic carbocycles. The number of hydrogen-bond donors (Lipinski definition) is 2. The normalized spacial score (nSPS) is 67.9. The van der Waals surface area contributed by atoms with E-state index >= 15 is 0 Å². The van der Waals surface area contributed by atoms with Crippen molar-refractivity contribution in [2.75, 3.05) is 0 Å². The molecule has 0 radical (unpaired) electrons. The highest BCUT2D eigenvalue weighted by Gasteiger charge is 2.73. The van der Waals surface area contributed by atoms with E-state index in [4.69, 9.17) is 0 Å². The lowest BCUT2D eigenvalue weighted by atomic mass is 9.67. The second-order valence-electron chi connectivity index (χ2n) is 9.97. The van der Waals surface area contributed by atoms with Crippen LogP contribution in [0.5, 0.6) is 0 Å². The predicted molar refractivity (Wildman–Crippen MR) is 84.0 cm³/mol. The van der Waals surface area contributed by atoms with Crippen LogP contribution in [0.4, 0.5) is 0 Å². The summed E-state index contributed by atoms with van der Waals surface area (Å²) in [4.78, 5) is 0. The minimum Gasteiger partial charge on any atom is -0.387 e. The van der Waals surface area contributed by atoms with Gasteiger partial charge in [-0.1, -0.05) is 0 Å². The van der Waals surface area contributed by atoms with E-state index in [1.165, 1.54) is 51.4 Å². The van der Waals surface area contributed by atoms with Crippen LogP contribution in [0.25, 0.3) is 0 Å². The average Bonchev–Trinajstić information content (AvgIpc) is 3.24. The van der Waals surface area contributed by atoms with Crippen LogP contribution in [0.3, 0.4) is 0 Å². The Morgan fingerprint density at radius 2 is 0.864 bits per heavy atom. The van der Waals surface area contributed by atoms with E-state index in [2.05, 4.69) is 0 Å². The lowest BCUT2D eigenvalue weighted by molar-refractivity contribution is -0.194. The van der Waals surface area contributed by atoms with Gasteiger partial charge in [-0.3, -0.25) is 0 Å². The topological polar surface area (TPSA) is 40.5 Å². The van der Waals surface area contributed by atoms with Crippen molar-refractivity contribution in [2.24, 2.45) is 47.3 Å². The Bertz CT molecular complexity index is 472. The zero-order chi connectivity index (χ0) is 14.7. The molecule has 0 saturated heterocycles.